The van der Waals surface area contributed by atoms with Crippen LogP contribution in [0.4, 0.5) is 4.39 Å². The molecule has 3 nitrogen and oxygen atoms in total. The number of alkyl halides is 1. The van der Waals surface area contributed by atoms with Crippen LogP contribution >= 0.6 is 11.6 Å². The molecule has 5 heteroatoms. The third-order valence-electron chi connectivity index (χ3n) is 3.37. The number of halogens is 2. The summed E-state index contributed by atoms with van der Waals surface area (Å²) in [6.45, 7) is 1.83. The smallest absolute Gasteiger partial charge is 0.129 e. The van der Waals surface area contributed by atoms with Crippen LogP contribution in [0.15, 0.2) is 36.4 Å². The van der Waals surface area contributed by atoms with Crippen molar-refractivity contribution in [2.45, 2.75) is 12.8 Å². The molecule has 1 heterocycles. The van der Waals surface area contributed by atoms with E-state index in [-0.39, 0.29) is 11.7 Å². The first kappa shape index (κ1) is 13.6. The Kier molecular flexibility index (Phi) is 3.36. The van der Waals surface area contributed by atoms with Crippen LogP contribution in [0.1, 0.15) is 17.0 Å². The maximum absolute atomic E-state index is 13.3. The van der Waals surface area contributed by atoms with Gasteiger partial charge in [0, 0.05) is 0 Å². The highest BCUT2D eigenvalue weighted by atomic mass is 35.5. The lowest BCUT2D eigenvalue weighted by atomic mass is 10.1. The van der Waals surface area contributed by atoms with Gasteiger partial charge in [-0.15, -0.1) is 11.6 Å². The molecule has 3 rings (SSSR count). The van der Waals surface area contributed by atoms with Gasteiger partial charge in [0.05, 0.1) is 34.2 Å². The van der Waals surface area contributed by atoms with Crippen LogP contribution < -0.4 is 0 Å². The van der Waals surface area contributed by atoms with Gasteiger partial charge < -0.3 is 0 Å². The molecule has 1 aromatic heterocycles. The summed E-state index contributed by atoms with van der Waals surface area (Å²) in [6.07, 6.45) is 0. The van der Waals surface area contributed by atoms with E-state index in [1.165, 1.54) is 12.1 Å². The maximum Gasteiger partial charge on any atom is 0.129 e. The van der Waals surface area contributed by atoms with Crippen LogP contribution in [0.2, 0.25) is 0 Å². The SMILES string of the molecule is Cc1cc(F)ccc1-n1c(CCl)nc2ccc(C#N)cc21. The third kappa shape index (κ3) is 2.26. The Balaban J connectivity index is 2.36. The molecule has 0 bridgehead atoms. The van der Waals surface area contributed by atoms with Crippen LogP contribution in [-0.2, 0) is 5.88 Å². The largest absolute Gasteiger partial charge is 0.295 e. The number of rotatable bonds is 2. The topological polar surface area (TPSA) is 41.6 Å². The minimum Gasteiger partial charge on any atom is -0.295 e. The van der Waals surface area contributed by atoms with Crippen molar-refractivity contribution in [1.29, 1.82) is 5.26 Å². The number of hydrogen-bond acceptors (Lipinski definition) is 2. The summed E-state index contributed by atoms with van der Waals surface area (Å²) in [7, 11) is 0. The standard InChI is InChI=1S/C16H11ClFN3/c1-10-6-12(18)3-5-14(10)21-15-7-11(9-19)2-4-13(15)20-16(21)8-17/h2-7H,8H2,1H3. The zero-order chi connectivity index (χ0) is 15.0. The van der Waals surface area contributed by atoms with Crippen molar-refractivity contribution in [3.05, 3.63) is 59.2 Å². The molecule has 0 N–H and O–H groups in total. The monoisotopic (exact) mass is 299 g/mol. The summed E-state index contributed by atoms with van der Waals surface area (Å²) in [5.74, 6) is 0.607. The van der Waals surface area contributed by atoms with Crippen molar-refractivity contribution in [1.82, 2.24) is 9.55 Å². The van der Waals surface area contributed by atoms with E-state index in [1.54, 1.807) is 24.3 Å². The minimum absolute atomic E-state index is 0.230. The van der Waals surface area contributed by atoms with Crippen LogP contribution in [0.5, 0.6) is 0 Å². The summed E-state index contributed by atoms with van der Waals surface area (Å²) in [4.78, 5) is 4.47. The van der Waals surface area contributed by atoms with E-state index in [2.05, 4.69) is 11.1 Å². The number of hydrogen-bond donors (Lipinski definition) is 0. The fourth-order valence-corrected chi connectivity index (χ4v) is 2.60. The average Bonchev–Trinajstić information content (AvgIpc) is 2.84. The van der Waals surface area contributed by atoms with Gasteiger partial charge in [0.25, 0.3) is 0 Å². The van der Waals surface area contributed by atoms with E-state index in [4.69, 9.17) is 16.9 Å². The van der Waals surface area contributed by atoms with Gasteiger partial charge in [0.15, 0.2) is 0 Å². The number of aryl methyl sites for hydroxylation is 1. The van der Waals surface area contributed by atoms with Crippen LogP contribution in [0.3, 0.4) is 0 Å². The fourth-order valence-electron chi connectivity index (χ4n) is 2.42. The first-order chi connectivity index (χ1) is 10.1. The average molecular weight is 300 g/mol. The van der Waals surface area contributed by atoms with E-state index < -0.39 is 0 Å². The lowest BCUT2D eigenvalue weighted by molar-refractivity contribution is 0.626. The second-order valence-electron chi connectivity index (χ2n) is 4.74. The Labute approximate surface area is 126 Å². The molecule has 0 saturated heterocycles. The van der Waals surface area contributed by atoms with Gasteiger partial charge >= 0.3 is 0 Å². The van der Waals surface area contributed by atoms with E-state index in [0.29, 0.717) is 11.4 Å². The Morgan fingerprint density at radius 2 is 2.10 bits per heavy atom. The number of benzene rings is 2. The highest BCUT2D eigenvalue weighted by Gasteiger charge is 2.14. The quantitative estimate of drug-likeness (QED) is 0.669. The maximum atomic E-state index is 13.3. The van der Waals surface area contributed by atoms with Gasteiger partial charge in [0.2, 0.25) is 0 Å². The molecule has 0 spiro atoms. The Hall–Kier alpha value is -2.38. The highest BCUT2D eigenvalue weighted by Crippen LogP contribution is 2.26. The van der Waals surface area contributed by atoms with Gasteiger partial charge in [-0.1, -0.05) is 0 Å². The second kappa shape index (κ2) is 5.19. The molecular weight excluding hydrogens is 289 g/mol. The molecule has 0 atom stereocenters. The number of aromatic nitrogens is 2. The number of imidazole rings is 1. The molecule has 21 heavy (non-hydrogen) atoms. The van der Waals surface area contributed by atoms with E-state index in [9.17, 15) is 4.39 Å². The van der Waals surface area contributed by atoms with Gasteiger partial charge in [-0.3, -0.25) is 4.57 Å². The predicted octanol–water partition coefficient (Wildman–Crippen LogP) is 4.08. The Morgan fingerprint density at radius 1 is 1.29 bits per heavy atom. The normalized spacial score (nSPS) is 10.8. The van der Waals surface area contributed by atoms with Gasteiger partial charge in [0.1, 0.15) is 11.6 Å². The molecule has 0 aliphatic heterocycles. The second-order valence-corrected chi connectivity index (χ2v) is 5.01. The summed E-state index contributed by atoms with van der Waals surface area (Å²) >= 11 is 5.99. The number of nitrogens with zero attached hydrogens (tertiary/aromatic N) is 3. The summed E-state index contributed by atoms with van der Waals surface area (Å²) in [6, 6.07) is 12.0. The molecule has 0 fully saturated rings. The molecule has 0 amide bonds. The zero-order valence-electron chi connectivity index (χ0n) is 11.3. The van der Waals surface area contributed by atoms with Crippen molar-refractivity contribution in [2.75, 3.05) is 0 Å². The predicted molar refractivity (Wildman–Crippen MR) is 80.0 cm³/mol. The molecule has 0 unspecified atom stereocenters. The van der Waals surface area contributed by atoms with Crippen LogP contribution in [0, 0.1) is 24.1 Å². The first-order valence-corrected chi connectivity index (χ1v) is 6.91. The molecule has 0 aliphatic rings. The molecular formula is C16H11ClFN3. The number of fused-ring (bicyclic) bond motifs is 1. The zero-order valence-corrected chi connectivity index (χ0v) is 12.0. The van der Waals surface area contributed by atoms with Crippen LogP contribution in [0.25, 0.3) is 16.7 Å². The van der Waals surface area contributed by atoms with Crippen molar-refractivity contribution >= 4 is 22.6 Å². The molecule has 3 aromatic rings. The van der Waals surface area contributed by atoms with Gasteiger partial charge in [-0.05, 0) is 48.9 Å². The highest BCUT2D eigenvalue weighted by molar-refractivity contribution is 6.17. The van der Waals surface area contributed by atoms with Gasteiger partial charge in [-0.2, -0.15) is 5.26 Å². The molecule has 2 aromatic carbocycles. The third-order valence-corrected chi connectivity index (χ3v) is 3.61. The lowest BCUT2D eigenvalue weighted by Gasteiger charge is -2.11. The minimum atomic E-state index is -0.286. The molecule has 0 saturated carbocycles. The molecule has 0 radical (unpaired) electrons. The summed E-state index contributed by atoms with van der Waals surface area (Å²) < 4.78 is 15.2. The number of nitriles is 1. The lowest BCUT2D eigenvalue weighted by Crippen LogP contribution is -2.02. The van der Waals surface area contributed by atoms with Crippen molar-refractivity contribution in [2.24, 2.45) is 0 Å². The summed E-state index contributed by atoms with van der Waals surface area (Å²) in [5, 5.41) is 9.06. The van der Waals surface area contributed by atoms with Crippen molar-refractivity contribution in [3.63, 3.8) is 0 Å². The van der Waals surface area contributed by atoms with E-state index >= 15 is 0 Å². The van der Waals surface area contributed by atoms with E-state index in [1.807, 2.05) is 11.5 Å². The van der Waals surface area contributed by atoms with Gasteiger partial charge in [-0.25, -0.2) is 9.37 Å². The fraction of sp³-hybridized carbons (Fsp3) is 0.125. The Bertz CT molecular complexity index is 877. The van der Waals surface area contributed by atoms with Crippen molar-refractivity contribution in [3.8, 4) is 11.8 Å². The van der Waals surface area contributed by atoms with E-state index in [0.717, 1.165) is 22.3 Å². The van der Waals surface area contributed by atoms with Crippen molar-refractivity contribution < 1.29 is 4.39 Å². The summed E-state index contributed by atoms with van der Waals surface area (Å²) in [5.41, 5.74) is 3.69. The van der Waals surface area contributed by atoms with Crippen LogP contribution in [-0.4, -0.2) is 9.55 Å². The molecule has 104 valence electrons. The first-order valence-electron chi connectivity index (χ1n) is 6.38. The Morgan fingerprint density at radius 3 is 2.76 bits per heavy atom. The molecule has 0 aliphatic carbocycles.